The van der Waals surface area contributed by atoms with Crippen molar-refractivity contribution in [1.82, 2.24) is 14.9 Å². The van der Waals surface area contributed by atoms with Crippen molar-refractivity contribution >= 4 is 34.0 Å². The number of nitrogens with zero attached hydrogens (tertiary/aromatic N) is 2. The number of fused-ring (bicyclic) bond motifs is 1. The third kappa shape index (κ3) is 2.95. The average Bonchev–Trinajstić information content (AvgIpc) is 3.22. The zero-order valence-electron chi connectivity index (χ0n) is 15.3. The van der Waals surface area contributed by atoms with E-state index in [1.165, 1.54) is 0 Å². The fraction of sp³-hybridized carbons (Fsp3) is 0.190. The van der Waals surface area contributed by atoms with Crippen molar-refractivity contribution < 1.29 is 19.4 Å². The van der Waals surface area contributed by atoms with Gasteiger partial charge in [0.15, 0.2) is 0 Å². The van der Waals surface area contributed by atoms with Gasteiger partial charge < -0.3 is 14.4 Å². The molecule has 3 aromatic rings. The monoisotopic (exact) mass is 377 g/mol. The van der Waals surface area contributed by atoms with Gasteiger partial charge in [0.25, 0.3) is 11.8 Å². The van der Waals surface area contributed by atoms with Gasteiger partial charge in [0.1, 0.15) is 11.4 Å². The molecule has 0 atom stereocenters. The summed E-state index contributed by atoms with van der Waals surface area (Å²) in [5.74, 6) is -0.273. The summed E-state index contributed by atoms with van der Waals surface area (Å²) in [4.78, 5) is 29.7. The van der Waals surface area contributed by atoms with E-state index >= 15 is 0 Å². The lowest BCUT2D eigenvalue weighted by molar-refractivity contribution is -0.122. The first-order valence-electron chi connectivity index (χ1n) is 8.93. The maximum Gasteiger partial charge on any atom is 0.259 e. The summed E-state index contributed by atoms with van der Waals surface area (Å²) in [6.07, 6.45) is 4.06. The Kier molecular flexibility index (Phi) is 4.67. The molecule has 0 unspecified atom stereocenters. The molecule has 2 N–H and O–H groups in total. The number of hydrogen-bond acceptors (Lipinski definition) is 5. The Balaban J connectivity index is 1.96. The van der Waals surface area contributed by atoms with E-state index < -0.39 is 11.8 Å². The lowest BCUT2D eigenvalue weighted by atomic mass is 9.96. The number of ether oxygens (including phenoxy) is 1. The van der Waals surface area contributed by atoms with Crippen LogP contribution in [0, 0.1) is 0 Å². The standard InChI is InChI=1S/C21H19N3O4/c1-28-14-6-2-5-13(11-14)17-18(21(27)23-20(17)26)16-12-24(9-4-10-25)19-15(16)7-3-8-22-19/h2-3,5-8,11-12,25H,4,9-10H2,1H3,(H,23,26,27). The molecule has 7 heteroatoms. The molecule has 0 spiro atoms. The first-order chi connectivity index (χ1) is 13.6. The molecule has 0 saturated carbocycles. The molecule has 7 nitrogen and oxygen atoms in total. The van der Waals surface area contributed by atoms with E-state index in [0.29, 0.717) is 46.6 Å². The topological polar surface area (TPSA) is 93.4 Å². The van der Waals surface area contributed by atoms with Gasteiger partial charge in [-0.2, -0.15) is 0 Å². The smallest absolute Gasteiger partial charge is 0.259 e. The predicted molar refractivity (Wildman–Crippen MR) is 104 cm³/mol. The number of aliphatic hydroxyl groups excluding tert-OH is 1. The Bertz CT molecular complexity index is 1110. The highest BCUT2D eigenvalue weighted by molar-refractivity contribution is 6.50. The van der Waals surface area contributed by atoms with E-state index in [4.69, 9.17) is 4.74 Å². The minimum absolute atomic E-state index is 0.0541. The molecule has 3 heterocycles. The van der Waals surface area contributed by atoms with E-state index in [2.05, 4.69) is 10.3 Å². The van der Waals surface area contributed by atoms with Crippen LogP contribution in [0.15, 0.2) is 48.8 Å². The van der Waals surface area contributed by atoms with Gasteiger partial charge in [0, 0.05) is 36.5 Å². The maximum absolute atomic E-state index is 12.7. The third-order valence-corrected chi connectivity index (χ3v) is 4.75. The van der Waals surface area contributed by atoms with Crippen LogP contribution >= 0.6 is 0 Å². The summed E-state index contributed by atoms with van der Waals surface area (Å²) in [6, 6.07) is 10.7. The third-order valence-electron chi connectivity index (χ3n) is 4.75. The van der Waals surface area contributed by atoms with Gasteiger partial charge in [0.05, 0.1) is 18.3 Å². The van der Waals surface area contributed by atoms with Crippen molar-refractivity contribution in [3.8, 4) is 5.75 Å². The second-order valence-corrected chi connectivity index (χ2v) is 6.45. The first kappa shape index (κ1) is 17.9. The zero-order chi connectivity index (χ0) is 19.7. The van der Waals surface area contributed by atoms with E-state index in [1.54, 1.807) is 43.6 Å². The van der Waals surface area contributed by atoms with Gasteiger partial charge >= 0.3 is 0 Å². The van der Waals surface area contributed by atoms with Crippen LogP contribution in [0.5, 0.6) is 5.75 Å². The van der Waals surface area contributed by atoms with E-state index in [9.17, 15) is 14.7 Å². The van der Waals surface area contributed by atoms with Crippen LogP contribution in [-0.4, -0.2) is 40.2 Å². The van der Waals surface area contributed by atoms with Crippen LogP contribution < -0.4 is 10.1 Å². The lowest BCUT2D eigenvalue weighted by Crippen LogP contribution is -2.22. The zero-order valence-corrected chi connectivity index (χ0v) is 15.3. The van der Waals surface area contributed by atoms with Crippen LogP contribution in [0.25, 0.3) is 22.2 Å². The van der Waals surface area contributed by atoms with Crippen LogP contribution in [0.4, 0.5) is 0 Å². The highest BCUT2D eigenvalue weighted by Crippen LogP contribution is 2.36. The van der Waals surface area contributed by atoms with Gasteiger partial charge in [-0.25, -0.2) is 4.98 Å². The highest BCUT2D eigenvalue weighted by Gasteiger charge is 2.34. The Morgan fingerprint density at radius 2 is 1.96 bits per heavy atom. The molecule has 1 aliphatic rings. The Morgan fingerprint density at radius 3 is 2.75 bits per heavy atom. The number of amides is 2. The van der Waals surface area contributed by atoms with Crippen molar-refractivity contribution in [2.45, 2.75) is 13.0 Å². The van der Waals surface area contributed by atoms with Gasteiger partial charge in [-0.15, -0.1) is 0 Å². The number of carbonyl (C=O) groups excluding carboxylic acids is 2. The summed E-state index contributed by atoms with van der Waals surface area (Å²) >= 11 is 0. The van der Waals surface area contributed by atoms with E-state index in [1.807, 2.05) is 16.8 Å². The molecule has 28 heavy (non-hydrogen) atoms. The van der Waals surface area contributed by atoms with Crippen molar-refractivity contribution in [2.75, 3.05) is 13.7 Å². The number of hydrogen-bond donors (Lipinski definition) is 2. The van der Waals surface area contributed by atoms with Crippen LogP contribution in [0.1, 0.15) is 17.5 Å². The molecule has 142 valence electrons. The highest BCUT2D eigenvalue weighted by atomic mass is 16.5. The number of aryl methyl sites for hydroxylation is 1. The molecular weight excluding hydrogens is 358 g/mol. The van der Waals surface area contributed by atoms with Gasteiger partial charge in [-0.3, -0.25) is 14.9 Å². The Labute approximate surface area is 161 Å². The molecule has 0 saturated heterocycles. The second kappa shape index (κ2) is 7.28. The fourth-order valence-electron chi connectivity index (χ4n) is 3.50. The molecule has 0 radical (unpaired) electrons. The maximum atomic E-state index is 12.7. The summed E-state index contributed by atoms with van der Waals surface area (Å²) < 4.78 is 7.16. The average molecular weight is 377 g/mol. The van der Waals surface area contributed by atoms with Crippen molar-refractivity contribution in [2.24, 2.45) is 0 Å². The van der Waals surface area contributed by atoms with Crippen LogP contribution in [0.3, 0.4) is 0 Å². The number of rotatable bonds is 6. The number of aromatic nitrogens is 2. The number of aliphatic hydroxyl groups is 1. The summed E-state index contributed by atoms with van der Waals surface area (Å²) in [7, 11) is 1.55. The second-order valence-electron chi connectivity index (χ2n) is 6.45. The number of pyridine rings is 1. The minimum Gasteiger partial charge on any atom is -0.497 e. The Morgan fingerprint density at radius 1 is 1.14 bits per heavy atom. The van der Waals surface area contributed by atoms with Crippen molar-refractivity contribution in [3.63, 3.8) is 0 Å². The van der Waals surface area contributed by atoms with Crippen molar-refractivity contribution in [3.05, 3.63) is 59.9 Å². The molecule has 0 aliphatic carbocycles. The van der Waals surface area contributed by atoms with Gasteiger partial charge in [-0.1, -0.05) is 12.1 Å². The first-order valence-corrected chi connectivity index (χ1v) is 8.93. The number of benzene rings is 1. The Hall–Kier alpha value is -3.45. The number of carbonyl (C=O) groups is 2. The predicted octanol–water partition coefficient (Wildman–Crippen LogP) is 1.99. The van der Waals surface area contributed by atoms with E-state index in [0.717, 1.165) is 5.39 Å². The van der Waals surface area contributed by atoms with Crippen LogP contribution in [-0.2, 0) is 16.1 Å². The summed E-state index contributed by atoms with van der Waals surface area (Å²) in [5.41, 5.74) is 2.59. The van der Waals surface area contributed by atoms with Gasteiger partial charge in [-0.05, 0) is 36.2 Å². The molecule has 1 aromatic carbocycles. The molecule has 0 fully saturated rings. The molecule has 0 bridgehead atoms. The van der Waals surface area contributed by atoms with E-state index in [-0.39, 0.29) is 6.61 Å². The largest absolute Gasteiger partial charge is 0.497 e. The number of nitrogens with one attached hydrogen (secondary N) is 1. The molecule has 2 aromatic heterocycles. The SMILES string of the molecule is COc1cccc(C2=C(c3cn(CCCO)c4ncccc34)C(=O)NC2=O)c1. The number of imide groups is 1. The van der Waals surface area contributed by atoms with Gasteiger partial charge in [0.2, 0.25) is 0 Å². The molecule has 4 rings (SSSR count). The summed E-state index contributed by atoms with van der Waals surface area (Å²) in [6.45, 7) is 0.611. The normalized spacial score (nSPS) is 14.1. The van der Waals surface area contributed by atoms with Crippen LogP contribution in [0.2, 0.25) is 0 Å². The fourth-order valence-corrected chi connectivity index (χ4v) is 3.50. The number of methoxy groups -OCH3 is 1. The lowest BCUT2D eigenvalue weighted by Gasteiger charge is -2.06. The van der Waals surface area contributed by atoms with Crippen molar-refractivity contribution in [1.29, 1.82) is 0 Å². The quantitative estimate of drug-likeness (QED) is 0.641. The molecular formula is C21H19N3O4. The molecule has 1 aliphatic heterocycles. The molecule has 2 amide bonds. The minimum atomic E-state index is -0.437. The summed E-state index contributed by atoms with van der Waals surface area (Å²) in [5, 5.41) is 12.4.